The fraction of sp³-hybridized carbons (Fsp3) is 0.235. The van der Waals surface area contributed by atoms with Crippen LogP contribution in [0.5, 0.6) is 5.75 Å². The number of hydrogen-bond donors (Lipinski definition) is 2. The van der Waals surface area contributed by atoms with Gasteiger partial charge in [-0.2, -0.15) is 0 Å². The summed E-state index contributed by atoms with van der Waals surface area (Å²) in [6.07, 6.45) is -0.589. The summed E-state index contributed by atoms with van der Waals surface area (Å²) in [5, 5.41) is 2.81. The number of anilines is 1. The van der Waals surface area contributed by atoms with Crippen molar-refractivity contribution in [3.8, 4) is 5.75 Å². The van der Waals surface area contributed by atoms with Crippen molar-refractivity contribution in [2.24, 2.45) is 5.73 Å². The number of ether oxygens (including phenoxy) is 1. The first-order valence-corrected chi connectivity index (χ1v) is 6.94. The van der Waals surface area contributed by atoms with Gasteiger partial charge >= 0.3 is 0 Å². The summed E-state index contributed by atoms with van der Waals surface area (Å²) in [7, 11) is 0. The Morgan fingerprint density at radius 1 is 1.10 bits per heavy atom. The second-order valence-electron chi connectivity index (χ2n) is 4.98. The number of nitrogens with two attached hydrogens (primary N) is 1. The van der Waals surface area contributed by atoms with E-state index in [0.29, 0.717) is 5.75 Å². The summed E-state index contributed by atoms with van der Waals surface area (Å²) in [5.74, 6) is 0.452. The molecule has 2 aromatic rings. The summed E-state index contributed by atoms with van der Waals surface area (Å²) < 4.78 is 5.67. The second kappa shape index (κ2) is 6.90. The predicted molar refractivity (Wildman–Crippen MR) is 84.2 cm³/mol. The third-order valence-electron chi connectivity index (χ3n) is 3.11. The molecule has 4 nitrogen and oxygen atoms in total. The van der Waals surface area contributed by atoms with Crippen LogP contribution in [0.25, 0.3) is 0 Å². The highest BCUT2D eigenvalue weighted by atomic mass is 16.5. The van der Waals surface area contributed by atoms with Crippen molar-refractivity contribution < 1.29 is 9.53 Å². The lowest BCUT2D eigenvalue weighted by Gasteiger charge is -2.16. The summed E-state index contributed by atoms with van der Waals surface area (Å²) in [4.78, 5) is 12.1. The number of para-hydroxylation sites is 1. The Balaban J connectivity index is 1.99. The van der Waals surface area contributed by atoms with E-state index in [-0.39, 0.29) is 11.9 Å². The molecule has 1 unspecified atom stereocenters. The number of nitrogens with one attached hydrogen (secondary N) is 1. The van der Waals surface area contributed by atoms with Gasteiger partial charge in [0.1, 0.15) is 5.75 Å². The number of benzene rings is 2. The number of carbonyl (C=O) groups excluding carboxylic acids is 1. The molecule has 2 aromatic carbocycles. The summed E-state index contributed by atoms with van der Waals surface area (Å²) in [6, 6.07) is 16.7. The van der Waals surface area contributed by atoms with Crippen molar-refractivity contribution in [3.05, 3.63) is 60.2 Å². The Bertz CT molecular complexity index is 597. The molecule has 21 heavy (non-hydrogen) atoms. The van der Waals surface area contributed by atoms with Gasteiger partial charge in [0.05, 0.1) is 0 Å². The molecule has 0 heterocycles. The van der Waals surface area contributed by atoms with Crippen molar-refractivity contribution in [2.75, 3.05) is 5.32 Å². The van der Waals surface area contributed by atoms with Gasteiger partial charge in [-0.1, -0.05) is 30.3 Å². The van der Waals surface area contributed by atoms with E-state index in [1.807, 2.05) is 61.5 Å². The number of carbonyl (C=O) groups is 1. The van der Waals surface area contributed by atoms with Crippen molar-refractivity contribution in [1.82, 2.24) is 0 Å². The van der Waals surface area contributed by atoms with E-state index in [1.54, 1.807) is 6.92 Å². The van der Waals surface area contributed by atoms with E-state index in [2.05, 4.69) is 5.32 Å². The van der Waals surface area contributed by atoms with Gasteiger partial charge < -0.3 is 15.8 Å². The van der Waals surface area contributed by atoms with Crippen molar-refractivity contribution >= 4 is 11.6 Å². The molecule has 0 bridgehead atoms. The van der Waals surface area contributed by atoms with Crippen molar-refractivity contribution in [2.45, 2.75) is 26.0 Å². The van der Waals surface area contributed by atoms with Crippen LogP contribution in [0.15, 0.2) is 54.6 Å². The largest absolute Gasteiger partial charge is 0.481 e. The van der Waals surface area contributed by atoms with Crippen LogP contribution in [0.2, 0.25) is 0 Å². The number of rotatable bonds is 5. The van der Waals surface area contributed by atoms with Crippen LogP contribution < -0.4 is 15.8 Å². The lowest BCUT2D eigenvalue weighted by Crippen LogP contribution is -2.30. The monoisotopic (exact) mass is 284 g/mol. The first-order chi connectivity index (χ1) is 10.1. The Kier molecular flexibility index (Phi) is 4.95. The maximum absolute atomic E-state index is 12.1. The molecule has 0 fully saturated rings. The lowest BCUT2D eigenvalue weighted by atomic mass is 10.1. The van der Waals surface area contributed by atoms with E-state index >= 15 is 0 Å². The summed E-state index contributed by atoms with van der Waals surface area (Å²) in [5.41, 5.74) is 7.57. The summed E-state index contributed by atoms with van der Waals surface area (Å²) >= 11 is 0. The molecule has 0 saturated heterocycles. The van der Waals surface area contributed by atoms with Gasteiger partial charge in [-0.3, -0.25) is 4.79 Å². The molecule has 4 heteroatoms. The average Bonchev–Trinajstić information content (AvgIpc) is 2.48. The van der Waals surface area contributed by atoms with Crippen LogP contribution in [0.3, 0.4) is 0 Å². The molecule has 0 aromatic heterocycles. The fourth-order valence-electron chi connectivity index (χ4n) is 1.89. The number of amides is 1. The zero-order valence-corrected chi connectivity index (χ0v) is 12.2. The van der Waals surface area contributed by atoms with Crippen LogP contribution in [0.4, 0.5) is 5.69 Å². The molecule has 0 aliphatic heterocycles. The standard InChI is InChI=1S/C17H20N2O2/c1-12(18)14-7-6-10-16(11-14)21-13(2)17(20)19-15-8-4-3-5-9-15/h3-13H,18H2,1-2H3,(H,19,20)/t12-,13?/m1/s1. The molecule has 0 spiro atoms. The van der Waals surface area contributed by atoms with Gasteiger partial charge in [0, 0.05) is 11.7 Å². The molecule has 0 aliphatic rings. The first-order valence-electron chi connectivity index (χ1n) is 6.94. The van der Waals surface area contributed by atoms with E-state index < -0.39 is 6.10 Å². The molecule has 2 atom stereocenters. The fourth-order valence-corrected chi connectivity index (χ4v) is 1.89. The quantitative estimate of drug-likeness (QED) is 0.886. The summed E-state index contributed by atoms with van der Waals surface area (Å²) in [6.45, 7) is 3.63. The number of hydrogen-bond acceptors (Lipinski definition) is 3. The molecule has 3 N–H and O–H groups in total. The third kappa shape index (κ3) is 4.33. The van der Waals surface area contributed by atoms with E-state index in [9.17, 15) is 4.79 Å². The van der Waals surface area contributed by atoms with Crippen LogP contribution in [-0.2, 0) is 4.79 Å². The first kappa shape index (κ1) is 15.1. The SMILES string of the molecule is CC(Oc1cccc([C@@H](C)N)c1)C(=O)Nc1ccccc1. The topological polar surface area (TPSA) is 64.3 Å². The highest BCUT2D eigenvalue weighted by molar-refractivity contribution is 5.94. The predicted octanol–water partition coefficient (Wildman–Crippen LogP) is 3.11. The van der Waals surface area contributed by atoms with Crippen LogP contribution in [0.1, 0.15) is 25.5 Å². The minimum atomic E-state index is -0.589. The normalized spacial score (nSPS) is 13.3. The third-order valence-corrected chi connectivity index (χ3v) is 3.11. The smallest absolute Gasteiger partial charge is 0.265 e. The molecule has 0 saturated carbocycles. The van der Waals surface area contributed by atoms with Crippen LogP contribution in [-0.4, -0.2) is 12.0 Å². The van der Waals surface area contributed by atoms with Gasteiger partial charge in [0.15, 0.2) is 6.10 Å². The Labute approximate surface area is 124 Å². The highest BCUT2D eigenvalue weighted by Crippen LogP contribution is 2.19. The lowest BCUT2D eigenvalue weighted by molar-refractivity contribution is -0.122. The maximum atomic E-state index is 12.1. The Hall–Kier alpha value is -2.33. The Morgan fingerprint density at radius 3 is 2.48 bits per heavy atom. The van der Waals surface area contributed by atoms with Gasteiger partial charge in [-0.15, -0.1) is 0 Å². The molecular formula is C17H20N2O2. The zero-order valence-electron chi connectivity index (χ0n) is 12.2. The van der Waals surface area contributed by atoms with Crippen molar-refractivity contribution in [3.63, 3.8) is 0 Å². The van der Waals surface area contributed by atoms with Gasteiger partial charge in [0.25, 0.3) is 5.91 Å². The second-order valence-corrected chi connectivity index (χ2v) is 4.98. The zero-order chi connectivity index (χ0) is 15.2. The van der Waals surface area contributed by atoms with Gasteiger partial charge in [-0.25, -0.2) is 0 Å². The van der Waals surface area contributed by atoms with E-state index in [4.69, 9.17) is 10.5 Å². The van der Waals surface area contributed by atoms with Gasteiger partial charge in [0.2, 0.25) is 0 Å². The van der Waals surface area contributed by atoms with Crippen LogP contribution >= 0.6 is 0 Å². The minimum Gasteiger partial charge on any atom is -0.481 e. The van der Waals surface area contributed by atoms with E-state index in [1.165, 1.54) is 0 Å². The maximum Gasteiger partial charge on any atom is 0.265 e. The molecule has 1 amide bonds. The molecule has 0 radical (unpaired) electrons. The molecule has 110 valence electrons. The van der Waals surface area contributed by atoms with E-state index in [0.717, 1.165) is 11.3 Å². The van der Waals surface area contributed by atoms with Crippen molar-refractivity contribution in [1.29, 1.82) is 0 Å². The average molecular weight is 284 g/mol. The highest BCUT2D eigenvalue weighted by Gasteiger charge is 2.15. The van der Waals surface area contributed by atoms with Crippen LogP contribution in [0, 0.1) is 0 Å². The molecule has 0 aliphatic carbocycles. The molecule has 2 rings (SSSR count). The Morgan fingerprint density at radius 2 is 1.81 bits per heavy atom. The molecular weight excluding hydrogens is 264 g/mol. The minimum absolute atomic E-state index is 0.0676. The van der Waals surface area contributed by atoms with Gasteiger partial charge in [-0.05, 0) is 43.7 Å².